The molecule has 0 fully saturated rings. The maximum atomic E-state index is 13.7. The van der Waals surface area contributed by atoms with Crippen LogP contribution in [0.2, 0.25) is 0 Å². The Bertz CT molecular complexity index is 564. The fraction of sp³-hybridized carbons (Fsp3) is 0.250. The molecule has 0 heterocycles. The van der Waals surface area contributed by atoms with E-state index in [2.05, 4.69) is 0 Å². The SMILES string of the molecule is COc1cc(OC)cc(C(N)Cc2ccccc2F)c1. The molecule has 4 heteroatoms. The molecule has 0 aliphatic carbocycles. The van der Waals surface area contributed by atoms with Gasteiger partial charge in [0.05, 0.1) is 14.2 Å². The van der Waals surface area contributed by atoms with E-state index >= 15 is 0 Å². The Kier molecular flexibility index (Phi) is 4.58. The van der Waals surface area contributed by atoms with E-state index in [1.807, 2.05) is 12.1 Å². The van der Waals surface area contributed by atoms with E-state index in [-0.39, 0.29) is 11.9 Å². The Hall–Kier alpha value is -2.07. The van der Waals surface area contributed by atoms with E-state index in [1.165, 1.54) is 6.07 Å². The average molecular weight is 275 g/mol. The Labute approximate surface area is 118 Å². The van der Waals surface area contributed by atoms with E-state index in [4.69, 9.17) is 15.2 Å². The van der Waals surface area contributed by atoms with E-state index in [9.17, 15) is 4.39 Å². The Morgan fingerprint density at radius 2 is 1.65 bits per heavy atom. The summed E-state index contributed by atoms with van der Waals surface area (Å²) < 4.78 is 24.1. The molecule has 106 valence electrons. The molecule has 2 aromatic carbocycles. The summed E-state index contributed by atoms with van der Waals surface area (Å²) in [7, 11) is 3.17. The van der Waals surface area contributed by atoms with Crippen LogP contribution in [0.5, 0.6) is 11.5 Å². The number of rotatable bonds is 5. The molecular formula is C16H18FNO2. The predicted molar refractivity (Wildman–Crippen MR) is 76.6 cm³/mol. The minimum absolute atomic E-state index is 0.238. The van der Waals surface area contributed by atoms with Gasteiger partial charge in [0.2, 0.25) is 0 Å². The van der Waals surface area contributed by atoms with Gasteiger partial charge in [0.25, 0.3) is 0 Å². The van der Waals surface area contributed by atoms with Gasteiger partial charge < -0.3 is 15.2 Å². The molecule has 0 saturated heterocycles. The van der Waals surface area contributed by atoms with Gasteiger partial charge in [0.15, 0.2) is 0 Å². The summed E-state index contributed by atoms with van der Waals surface area (Å²) >= 11 is 0. The third kappa shape index (κ3) is 3.27. The zero-order valence-electron chi connectivity index (χ0n) is 11.6. The number of halogens is 1. The molecule has 0 radical (unpaired) electrons. The topological polar surface area (TPSA) is 44.5 Å². The van der Waals surface area contributed by atoms with Gasteiger partial charge in [-0.25, -0.2) is 4.39 Å². The standard InChI is InChI=1S/C16H18FNO2/c1-19-13-7-12(8-14(10-13)20-2)16(18)9-11-5-3-4-6-15(11)17/h3-8,10,16H,9,18H2,1-2H3. The number of ether oxygens (including phenoxy) is 2. The molecule has 0 spiro atoms. The van der Waals surface area contributed by atoms with Gasteiger partial charge >= 0.3 is 0 Å². The molecule has 1 atom stereocenters. The first-order valence-corrected chi connectivity index (χ1v) is 6.36. The maximum absolute atomic E-state index is 13.7. The van der Waals surface area contributed by atoms with Crippen molar-refractivity contribution in [1.82, 2.24) is 0 Å². The van der Waals surface area contributed by atoms with Crippen LogP contribution in [0.4, 0.5) is 4.39 Å². The number of nitrogens with two attached hydrogens (primary N) is 1. The van der Waals surface area contributed by atoms with Gasteiger partial charge in [-0.1, -0.05) is 18.2 Å². The second-order valence-electron chi connectivity index (χ2n) is 4.55. The molecule has 20 heavy (non-hydrogen) atoms. The number of benzene rings is 2. The summed E-state index contributed by atoms with van der Waals surface area (Å²) in [5.74, 6) is 1.10. The highest BCUT2D eigenvalue weighted by atomic mass is 19.1. The highest BCUT2D eigenvalue weighted by Crippen LogP contribution is 2.27. The molecule has 0 aliphatic heterocycles. The zero-order valence-corrected chi connectivity index (χ0v) is 11.6. The fourth-order valence-corrected chi connectivity index (χ4v) is 2.06. The largest absolute Gasteiger partial charge is 0.497 e. The van der Waals surface area contributed by atoms with Crippen molar-refractivity contribution >= 4 is 0 Å². The fourth-order valence-electron chi connectivity index (χ4n) is 2.06. The van der Waals surface area contributed by atoms with Crippen molar-refractivity contribution in [1.29, 1.82) is 0 Å². The first-order valence-electron chi connectivity index (χ1n) is 6.36. The van der Waals surface area contributed by atoms with Crippen LogP contribution in [0.25, 0.3) is 0 Å². The van der Waals surface area contributed by atoms with Gasteiger partial charge in [-0.15, -0.1) is 0 Å². The van der Waals surface area contributed by atoms with Crippen molar-refractivity contribution in [3.63, 3.8) is 0 Å². The molecule has 2 aromatic rings. The summed E-state index contributed by atoms with van der Waals surface area (Å²) in [5.41, 5.74) is 7.62. The third-order valence-electron chi connectivity index (χ3n) is 3.20. The highest BCUT2D eigenvalue weighted by Gasteiger charge is 2.12. The molecule has 3 nitrogen and oxygen atoms in total. The van der Waals surface area contributed by atoms with E-state index < -0.39 is 0 Å². The molecule has 0 bridgehead atoms. The summed E-state index contributed by atoms with van der Waals surface area (Å²) in [4.78, 5) is 0. The van der Waals surface area contributed by atoms with Crippen LogP contribution < -0.4 is 15.2 Å². The lowest BCUT2D eigenvalue weighted by Crippen LogP contribution is -2.14. The normalized spacial score (nSPS) is 12.0. The summed E-state index contributed by atoms with van der Waals surface area (Å²) in [5, 5.41) is 0. The van der Waals surface area contributed by atoms with Gasteiger partial charge in [-0.05, 0) is 35.7 Å². The van der Waals surface area contributed by atoms with Crippen LogP contribution in [0, 0.1) is 5.82 Å². The van der Waals surface area contributed by atoms with Crippen molar-refractivity contribution in [3.8, 4) is 11.5 Å². The van der Waals surface area contributed by atoms with Crippen LogP contribution in [0.15, 0.2) is 42.5 Å². The summed E-state index contributed by atoms with van der Waals surface area (Å²) in [6.45, 7) is 0. The van der Waals surface area contributed by atoms with Crippen molar-refractivity contribution in [2.45, 2.75) is 12.5 Å². The lowest BCUT2D eigenvalue weighted by molar-refractivity contribution is 0.392. The smallest absolute Gasteiger partial charge is 0.126 e. The molecule has 0 amide bonds. The van der Waals surface area contributed by atoms with Gasteiger partial charge in [-0.3, -0.25) is 0 Å². The molecule has 0 aliphatic rings. The monoisotopic (exact) mass is 275 g/mol. The van der Waals surface area contributed by atoms with Crippen LogP contribution >= 0.6 is 0 Å². The predicted octanol–water partition coefficient (Wildman–Crippen LogP) is 3.09. The lowest BCUT2D eigenvalue weighted by Gasteiger charge is -2.15. The second kappa shape index (κ2) is 6.39. The molecule has 1 unspecified atom stereocenters. The van der Waals surface area contributed by atoms with E-state index in [0.717, 1.165) is 5.56 Å². The van der Waals surface area contributed by atoms with Crippen molar-refractivity contribution in [2.75, 3.05) is 14.2 Å². The third-order valence-corrected chi connectivity index (χ3v) is 3.20. The van der Waals surface area contributed by atoms with Gasteiger partial charge in [0, 0.05) is 12.1 Å². The van der Waals surface area contributed by atoms with Gasteiger partial charge in [-0.2, -0.15) is 0 Å². The first-order chi connectivity index (χ1) is 9.63. The van der Waals surface area contributed by atoms with Crippen LogP contribution in [-0.2, 0) is 6.42 Å². The molecule has 0 aromatic heterocycles. The van der Waals surface area contributed by atoms with Crippen molar-refractivity contribution in [3.05, 3.63) is 59.4 Å². The van der Waals surface area contributed by atoms with E-state index in [0.29, 0.717) is 23.5 Å². The minimum atomic E-state index is -0.323. The average Bonchev–Trinajstić information content (AvgIpc) is 2.48. The van der Waals surface area contributed by atoms with Crippen LogP contribution in [-0.4, -0.2) is 14.2 Å². The van der Waals surface area contributed by atoms with Crippen LogP contribution in [0.3, 0.4) is 0 Å². The maximum Gasteiger partial charge on any atom is 0.126 e. The van der Waals surface area contributed by atoms with Crippen molar-refractivity contribution in [2.24, 2.45) is 5.73 Å². The lowest BCUT2D eigenvalue weighted by atomic mass is 9.99. The van der Waals surface area contributed by atoms with Gasteiger partial charge in [0.1, 0.15) is 17.3 Å². The highest BCUT2D eigenvalue weighted by molar-refractivity contribution is 5.40. The van der Waals surface area contributed by atoms with E-state index in [1.54, 1.807) is 38.5 Å². The van der Waals surface area contributed by atoms with Crippen molar-refractivity contribution < 1.29 is 13.9 Å². The quantitative estimate of drug-likeness (QED) is 0.912. The summed E-state index contributed by atoms with van der Waals surface area (Å²) in [6.07, 6.45) is 0.420. The first kappa shape index (κ1) is 14.3. The Morgan fingerprint density at radius 1 is 1.05 bits per heavy atom. The molecular weight excluding hydrogens is 257 g/mol. The summed E-state index contributed by atoms with van der Waals surface area (Å²) in [6, 6.07) is 11.8. The molecule has 2 N–H and O–H groups in total. The molecule has 0 saturated carbocycles. The number of methoxy groups -OCH3 is 2. The zero-order chi connectivity index (χ0) is 14.5. The number of hydrogen-bond acceptors (Lipinski definition) is 3. The Morgan fingerprint density at radius 3 is 2.20 bits per heavy atom. The Balaban J connectivity index is 2.24. The minimum Gasteiger partial charge on any atom is -0.497 e. The van der Waals surface area contributed by atoms with Crippen LogP contribution in [0.1, 0.15) is 17.2 Å². The second-order valence-corrected chi connectivity index (χ2v) is 4.55. The number of hydrogen-bond donors (Lipinski definition) is 1. The molecule has 2 rings (SSSR count).